The Balaban J connectivity index is 1.15. The molecule has 3 aliphatic rings. The molecule has 74 heavy (non-hydrogen) atoms. The molecule has 0 spiro atoms. The van der Waals surface area contributed by atoms with E-state index in [0.717, 1.165) is 32.3 Å². The minimum absolute atomic E-state index is 0.00122. The molecule has 9 atom stereocenters. The monoisotopic (exact) mass is 1020 g/mol. The molecule has 0 aliphatic carbocycles. The van der Waals surface area contributed by atoms with Crippen LogP contribution in [-0.4, -0.2) is 102 Å². The first-order chi connectivity index (χ1) is 35.7. The van der Waals surface area contributed by atoms with Crippen LogP contribution in [0.1, 0.15) is 67.9 Å². The SMILES string of the molecule is CC(OC(c1ccccc1)(c1ccccc1)c1ccccc1)[C@@H]1NC(=O)[C@H](CCCCN)NC(=O)[C@H](Cc2csc3ccccc23)NC(=O)[C@H](Cc2ccc(O)cc2)NC(=O)[C@H]2O[C@@H]3OC(C)(C)O[C@@H]3[C@@H]2NC1=O. The first kappa shape index (κ1) is 51.9. The van der Waals surface area contributed by atoms with Crippen LogP contribution in [-0.2, 0) is 61.4 Å². The summed E-state index contributed by atoms with van der Waals surface area (Å²) < 4.78 is 27.1. The number of nitrogens with two attached hydrogens (primary N) is 1. The summed E-state index contributed by atoms with van der Waals surface area (Å²) in [4.78, 5) is 75.1. The summed E-state index contributed by atoms with van der Waals surface area (Å²) in [7, 11) is 0. The molecule has 386 valence electrons. The van der Waals surface area contributed by atoms with E-state index in [0.29, 0.717) is 24.9 Å². The number of benzene rings is 5. The Bertz CT molecular complexity index is 2830. The van der Waals surface area contributed by atoms with Crippen LogP contribution >= 0.6 is 11.3 Å². The third-order valence-corrected chi connectivity index (χ3v) is 14.8. The van der Waals surface area contributed by atoms with E-state index in [4.69, 9.17) is 24.7 Å². The third kappa shape index (κ3) is 11.4. The van der Waals surface area contributed by atoms with Gasteiger partial charge in [0.25, 0.3) is 5.91 Å². The van der Waals surface area contributed by atoms with Crippen molar-refractivity contribution in [3.63, 3.8) is 0 Å². The van der Waals surface area contributed by atoms with Crippen molar-refractivity contribution in [2.45, 2.75) is 119 Å². The van der Waals surface area contributed by atoms with Crippen molar-refractivity contribution < 1.29 is 48.0 Å². The fourth-order valence-electron chi connectivity index (χ4n) is 10.1. The minimum Gasteiger partial charge on any atom is -0.508 e. The van der Waals surface area contributed by atoms with Gasteiger partial charge in [0, 0.05) is 17.5 Å². The number of carbonyl (C=O) groups is 5. The number of nitrogens with one attached hydrogen (secondary N) is 5. The quantitative estimate of drug-likeness (QED) is 0.0552. The van der Waals surface area contributed by atoms with Gasteiger partial charge in [-0.15, -0.1) is 11.3 Å². The number of thiophene rings is 1. The van der Waals surface area contributed by atoms with Crippen molar-refractivity contribution in [1.82, 2.24) is 26.6 Å². The molecule has 6 aromatic rings. The van der Waals surface area contributed by atoms with Crippen LogP contribution in [0.15, 0.2) is 145 Å². The highest BCUT2D eigenvalue weighted by Crippen LogP contribution is 2.42. The summed E-state index contributed by atoms with van der Waals surface area (Å²) in [5.41, 5.74) is 8.19. The van der Waals surface area contributed by atoms with Crippen LogP contribution in [0.3, 0.4) is 0 Å². The first-order valence-corrected chi connectivity index (χ1v) is 25.9. The highest BCUT2D eigenvalue weighted by atomic mass is 32.1. The number of carbonyl (C=O) groups excluding carboxylic acids is 5. The number of fused-ring (bicyclic) bond motifs is 4. The molecule has 4 heterocycles. The van der Waals surface area contributed by atoms with E-state index < -0.39 is 95.7 Å². The van der Waals surface area contributed by atoms with E-state index in [-0.39, 0.29) is 25.0 Å². The van der Waals surface area contributed by atoms with E-state index >= 15 is 9.59 Å². The van der Waals surface area contributed by atoms with Gasteiger partial charge in [-0.2, -0.15) is 0 Å². The number of aromatic hydroxyl groups is 1. The molecule has 0 saturated carbocycles. The number of amides is 5. The van der Waals surface area contributed by atoms with Crippen LogP contribution < -0.4 is 32.3 Å². The Kier molecular flexibility index (Phi) is 15.9. The lowest BCUT2D eigenvalue weighted by Crippen LogP contribution is -2.64. The van der Waals surface area contributed by atoms with Gasteiger partial charge in [0.1, 0.15) is 41.6 Å². The largest absolute Gasteiger partial charge is 0.508 e. The minimum atomic E-state index is -1.49. The molecule has 0 radical (unpaired) electrons. The fraction of sp³-hybridized carbons (Fsp3) is 0.351. The summed E-state index contributed by atoms with van der Waals surface area (Å²) in [6.07, 6.45) is -3.74. The molecule has 8 N–H and O–H groups in total. The fourth-order valence-corrected chi connectivity index (χ4v) is 11.1. The van der Waals surface area contributed by atoms with Gasteiger partial charge in [0.15, 0.2) is 18.2 Å². The van der Waals surface area contributed by atoms with Crippen molar-refractivity contribution in [2.24, 2.45) is 5.73 Å². The number of hydrogen-bond acceptors (Lipinski definition) is 12. The van der Waals surface area contributed by atoms with Crippen LogP contribution in [0.2, 0.25) is 0 Å². The van der Waals surface area contributed by atoms with Gasteiger partial charge in [-0.1, -0.05) is 121 Å². The summed E-state index contributed by atoms with van der Waals surface area (Å²) in [5, 5.41) is 27.7. The molecule has 16 nitrogen and oxygen atoms in total. The number of phenolic OH excluding ortho intramolecular Hbond substituents is 1. The summed E-state index contributed by atoms with van der Waals surface area (Å²) >= 11 is 1.49. The third-order valence-electron chi connectivity index (χ3n) is 13.8. The molecule has 1 unspecified atom stereocenters. The van der Waals surface area contributed by atoms with Gasteiger partial charge < -0.3 is 56.4 Å². The molecule has 0 bridgehead atoms. The summed E-state index contributed by atoms with van der Waals surface area (Å²) in [5.74, 6) is -4.80. The maximum atomic E-state index is 15.5. The van der Waals surface area contributed by atoms with Gasteiger partial charge >= 0.3 is 0 Å². The normalized spacial score (nSPS) is 24.9. The number of rotatable bonds is 14. The van der Waals surface area contributed by atoms with Gasteiger partial charge in [0.05, 0.1) is 12.1 Å². The molecule has 17 heteroatoms. The molecule has 3 fully saturated rings. The first-order valence-electron chi connectivity index (χ1n) is 25.0. The highest BCUT2D eigenvalue weighted by molar-refractivity contribution is 7.17. The smallest absolute Gasteiger partial charge is 0.252 e. The van der Waals surface area contributed by atoms with Crippen LogP contribution in [0.25, 0.3) is 10.1 Å². The van der Waals surface area contributed by atoms with Crippen molar-refractivity contribution in [2.75, 3.05) is 6.54 Å². The average Bonchev–Trinajstić information content (AvgIpc) is 4.07. The Morgan fingerprint density at radius 1 is 0.649 bits per heavy atom. The second-order valence-electron chi connectivity index (χ2n) is 19.4. The molecule has 5 aromatic carbocycles. The van der Waals surface area contributed by atoms with Crippen molar-refractivity contribution in [3.8, 4) is 5.75 Å². The maximum Gasteiger partial charge on any atom is 0.252 e. The van der Waals surface area contributed by atoms with Gasteiger partial charge in [-0.05, 0) is 103 Å². The van der Waals surface area contributed by atoms with Crippen LogP contribution in [0.4, 0.5) is 0 Å². The van der Waals surface area contributed by atoms with E-state index in [1.54, 1.807) is 32.9 Å². The van der Waals surface area contributed by atoms with Crippen LogP contribution in [0, 0.1) is 0 Å². The number of ether oxygens (including phenoxy) is 4. The summed E-state index contributed by atoms with van der Waals surface area (Å²) in [6, 6.07) is 36.1. The van der Waals surface area contributed by atoms with Crippen LogP contribution in [0.5, 0.6) is 5.75 Å². The standard InChI is InChI=1S/C57H62N6O10S/c1-34(71-57(37-17-7-4-8-18-37,38-19-9-5-10-20-38)39-21-11-6-12-22-39)46-53(68)63-47-48(70-55-49(47)72-56(2,3)73-55)54(69)61-43(31-35-26-28-40(64)29-27-35)51(66)60-44(32-36-33-74-45-25-14-13-23-41(36)45)52(67)59-42(50(65)62-46)24-15-16-30-58/h4-14,17-23,25-29,33-34,42-44,46-49,55,64H,15-16,24,30-32,58H2,1-3H3,(H,59,67)(H,60,66)(H,61,69)(H,62,65)(H,63,68)/t34?,42-,43-,44-,46-,47+,48-,49+,55+/m0/s1. The number of unbranched alkanes of at least 4 members (excludes halogenated alkanes) is 1. The van der Waals surface area contributed by atoms with Gasteiger partial charge in [-0.25, -0.2) is 0 Å². The van der Waals surface area contributed by atoms with Crippen molar-refractivity contribution >= 4 is 51.0 Å². The second-order valence-corrected chi connectivity index (χ2v) is 20.4. The van der Waals surface area contributed by atoms with E-state index in [9.17, 15) is 19.5 Å². The lowest BCUT2D eigenvalue weighted by molar-refractivity contribution is -0.208. The van der Waals surface area contributed by atoms with E-state index in [2.05, 4.69) is 26.6 Å². The number of hydrogen-bond donors (Lipinski definition) is 7. The zero-order valence-corrected chi connectivity index (χ0v) is 42.2. The van der Waals surface area contributed by atoms with E-state index in [1.165, 1.54) is 23.5 Å². The molecular weight excluding hydrogens is 961 g/mol. The van der Waals surface area contributed by atoms with Gasteiger partial charge in [0.2, 0.25) is 23.6 Å². The van der Waals surface area contributed by atoms with Crippen molar-refractivity contribution in [1.29, 1.82) is 0 Å². The Hall–Kier alpha value is -6.99. The Morgan fingerprint density at radius 3 is 1.82 bits per heavy atom. The Morgan fingerprint density at radius 2 is 1.20 bits per heavy atom. The zero-order valence-electron chi connectivity index (χ0n) is 41.4. The van der Waals surface area contributed by atoms with Crippen molar-refractivity contribution in [3.05, 3.63) is 173 Å². The van der Waals surface area contributed by atoms with Gasteiger partial charge in [-0.3, -0.25) is 24.0 Å². The second kappa shape index (κ2) is 22.6. The maximum absolute atomic E-state index is 15.5. The molecular formula is C57H62N6O10S. The Labute approximate surface area is 433 Å². The predicted molar refractivity (Wildman–Crippen MR) is 278 cm³/mol. The molecule has 3 aliphatic heterocycles. The summed E-state index contributed by atoms with van der Waals surface area (Å²) in [6.45, 7) is 5.38. The molecule has 9 rings (SSSR count). The molecule has 3 saturated heterocycles. The predicted octanol–water partition coefficient (Wildman–Crippen LogP) is 5.23. The number of phenols is 1. The highest BCUT2D eigenvalue weighted by Gasteiger charge is 2.58. The van der Waals surface area contributed by atoms with E-state index in [1.807, 2.05) is 121 Å². The molecule has 1 aromatic heterocycles. The lowest BCUT2D eigenvalue weighted by atomic mass is 9.79. The topological polar surface area (TPSA) is 229 Å². The zero-order chi connectivity index (χ0) is 52.0. The molecule has 5 amide bonds. The average molecular weight is 1020 g/mol. The lowest BCUT2D eigenvalue weighted by Gasteiger charge is -2.40.